The van der Waals surface area contributed by atoms with Crippen LogP contribution in [0.5, 0.6) is 0 Å². The van der Waals surface area contributed by atoms with E-state index in [2.05, 4.69) is 45.0 Å². The third kappa shape index (κ3) is 3.04. The second-order valence-electron chi connectivity index (χ2n) is 6.32. The normalized spacial score (nSPS) is 19.5. The molecule has 2 rings (SSSR count). The molecule has 1 aromatic rings. The van der Waals surface area contributed by atoms with Gasteiger partial charge < -0.3 is 0 Å². The van der Waals surface area contributed by atoms with Crippen LogP contribution in [0.15, 0.2) is 24.3 Å². The molecule has 0 nitrogen and oxygen atoms in total. The summed E-state index contributed by atoms with van der Waals surface area (Å²) >= 11 is 6.58. The molecule has 0 aromatic heterocycles. The summed E-state index contributed by atoms with van der Waals surface area (Å²) in [4.78, 5) is 0. The van der Waals surface area contributed by atoms with Crippen molar-refractivity contribution in [1.82, 2.24) is 0 Å². The third-order valence-electron chi connectivity index (χ3n) is 3.91. The van der Waals surface area contributed by atoms with Gasteiger partial charge in [0.25, 0.3) is 0 Å². The van der Waals surface area contributed by atoms with Crippen molar-refractivity contribution in [3.8, 4) is 0 Å². The summed E-state index contributed by atoms with van der Waals surface area (Å²) in [5.74, 6) is 0.692. The number of alkyl halides is 1. The van der Waals surface area contributed by atoms with E-state index >= 15 is 0 Å². The molecular weight excluding hydrogens is 228 g/mol. The Morgan fingerprint density at radius 3 is 2.06 bits per heavy atom. The van der Waals surface area contributed by atoms with Crippen molar-refractivity contribution in [2.24, 2.45) is 5.92 Å². The summed E-state index contributed by atoms with van der Waals surface area (Å²) in [6.45, 7) is 6.74. The molecule has 0 amide bonds. The molecule has 0 heterocycles. The Hall–Kier alpha value is -0.490. The molecule has 1 fully saturated rings. The molecule has 1 heteroatoms. The Labute approximate surface area is 110 Å². The number of halogens is 1. The van der Waals surface area contributed by atoms with E-state index in [-0.39, 0.29) is 10.8 Å². The van der Waals surface area contributed by atoms with E-state index in [9.17, 15) is 0 Å². The molecule has 1 unspecified atom stereocenters. The average molecular weight is 251 g/mol. The average Bonchev–Trinajstić information content (AvgIpc) is 2.80. The molecule has 0 N–H and O–H groups in total. The lowest BCUT2D eigenvalue weighted by Gasteiger charge is -2.21. The highest BCUT2D eigenvalue weighted by Crippen LogP contribution is 2.40. The zero-order valence-electron chi connectivity index (χ0n) is 11.2. The van der Waals surface area contributed by atoms with Crippen molar-refractivity contribution in [1.29, 1.82) is 0 Å². The van der Waals surface area contributed by atoms with Gasteiger partial charge in [-0.15, -0.1) is 11.6 Å². The lowest BCUT2D eigenvalue weighted by molar-refractivity contribution is 0.528. The topological polar surface area (TPSA) is 0 Å². The number of hydrogen-bond acceptors (Lipinski definition) is 0. The lowest BCUT2D eigenvalue weighted by Crippen LogP contribution is -2.11. The fourth-order valence-electron chi connectivity index (χ4n) is 2.69. The van der Waals surface area contributed by atoms with Gasteiger partial charge in [0.1, 0.15) is 0 Å². The first-order valence-electron chi connectivity index (χ1n) is 6.73. The highest BCUT2D eigenvalue weighted by Gasteiger charge is 2.24. The van der Waals surface area contributed by atoms with Crippen molar-refractivity contribution >= 4 is 11.6 Å². The first kappa shape index (κ1) is 13.0. The fraction of sp³-hybridized carbons (Fsp3) is 0.625. The summed E-state index contributed by atoms with van der Waals surface area (Å²) in [6, 6.07) is 8.91. The molecule has 1 aromatic carbocycles. The Kier molecular flexibility index (Phi) is 3.82. The minimum Gasteiger partial charge on any atom is -0.118 e. The van der Waals surface area contributed by atoms with Gasteiger partial charge >= 0.3 is 0 Å². The van der Waals surface area contributed by atoms with Crippen molar-refractivity contribution in [2.45, 2.75) is 57.2 Å². The predicted octanol–water partition coefficient (Wildman–Crippen LogP) is 5.45. The van der Waals surface area contributed by atoms with Crippen molar-refractivity contribution in [3.05, 3.63) is 35.4 Å². The van der Waals surface area contributed by atoms with Crippen LogP contribution in [0, 0.1) is 5.92 Å². The second-order valence-corrected chi connectivity index (χ2v) is 6.79. The van der Waals surface area contributed by atoms with Crippen LogP contribution in [-0.2, 0) is 5.41 Å². The highest BCUT2D eigenvalue weighted by atomic mass is 35.5. The van der Waals surface area contributed by atoms with Crippen molar-refractivity contribution in [2.75, 3.05) is 0 Å². The van der Waals surface area contributed by atoms with Gasteiger partial charge in [0.15, 0.2) is 0 Å². The van der Waals surface area contributed by atoms with E-state index in [1.165, 1.54) is 36.8 Å². The largest absolute Gasteiger partial charge is 0.118 e. The molecule has 1 aliphatic carbocycles. The standard InChI is InChI=1S/C16H23Cl/c1-16(2,3)14-10-8-13(9-11-14)15(17)12-6-4-5-7-12/h8-12,15H,4-7H2,1-3H3. The smallest absolute Gasteiger partial charge is 0.0613 e. The van der Waals surface area contributed by atoms with Gasteiger partial charge in [0.2, 0.25) is 0 Å². The quantitative estimate of drug-likeness (QED) is 0.612. The van der Waals surface area contributed by atoms with E-state index < -0.39 is 0 Å². The Morgan fingerprint density at radius 2 is 1.59 bits per heavy atom. The van der Waals surface area contributed by atoms with E-state index in [1.54, 1.807) is 0 Å². The SMILES string of the molecule is CC(C)(C)c1ccc(C(Cl)C2CCCC2)cc1. The fourth-order valence-corrected chi connectivity index (χ4v) is 3.09. The highest BCUT2D eigenvalue weighted by molar-refractivity contribution is 6.21. The van der Waals surface area contributed by atoms with E-state index in [4.69, 9.17) is 11.6 Å². The molecular formula is C16H23Cl. The molecule has 0 saturated heterocycles. The summed E-state index contributed by atoms with van der Waals surface area (Å²) in [6.07, 6.45) is 5.31. The zero-order chi connectivity index (χ0) is 12.5. The maximum Gasteiger partial charge on any atom is 0.0613 e. The van der Waals surface area contributed by atoms with E-state index in [0.29, 0.717) is 5.92 Å². The summed E-state index contributed by atoms with van der Waals surface area (Å²) in [7, 11) is 0. The molecule has 94 valence electrons. The number of rotatable bonds is 2. The third-order valence-corrected chi connectivity index (χ3v) is 4.52. The molecule has 1 saturated carbocycles. The predicted molar refractivity (Wildman–Crippen MR) is 75.7 cm³/mol. The summed E-state index contributed by atoms with van der Waals surface area (Å²) < 4.78 is 0. The monoisotopic (exact) mass is 250 g/mol. The summed E-state index contributed by atoms with van der Waals surface area (Å²) in [5, 5.41) is 0.214. The number of hydrogen-bond donors (Lipinski definition) is 0. The van der Waals surface area contributed by atoms with Gasteiger partial charge in [-0.25, -0.2) is 0 Å². The molecule has 0 aliphatic heterocycles. The van der Waals surface area contributed by atoms with Crippen LogP contribution in [0.1, 0.15) is 63.0 Å². The van der Waals surface area contributed by atoms with Crippen LogP contribution in [0.3, 0.4) is 0 Å². The minimum absolute atomic E-state index is 0.214. The first-order valence-corrected chi connectivity index (χ1v) is 7.16. The van der Waals surface area contributed by atoms with Crippen molar-refractivity contribution < 1.29 is 0 Å². The van der Waals surface area contributed by atoms with Gasteiger partial charge in [-0.2, -0.15) is 0 Å². The molecule has 1 aliphatic rings. The minimum atomic E-state index is 0.214. The second kappa shape index (κ2) is 5.02. The molecule has 0 radical (unpaired) electrons. The van der Waals surface area contributed by atoms with Gasteiger partial charge in [0, 0.05) is 0 Å². The summed E-state index contributed by atoms with van der Waals surface area (Å²) in [5.41, 5.74) is 2.91. The number of benzene rings is 1. The van der Waals surface area contributed by atoms with Crippen LogP contribution in [-0.4, -0.2) is 0 Å². The Balaban J connectivity index is 2.12. The van der Waals surface area contributed by atoms with E-state index in [1.807, 2.05) is 0 Å². The van der Waals surface area contributed by atoms with E-state index in [0.717, 1.165) is 0 Å². The van der Waals surface area contributed by atoms with Crippen LogP contribution >= 0.6 is 11.6 Å². The first-order chi connectivity index (χ1) is 7.98. The molecule has 0 bridgehead atoms. The van der Waals surface area contributed by atoms with Crippen LogP contribution in [0.4, 0.5) is 0 Å². The van der Waals surface area contributed by atoms with Crippen LogP contribution < -0.4 is 0 Å². The molecule has 1 atom stereocenters. The van der Waals surface area contributed by atoms with Crippen molar-refractivity contribution in [3.63, 3.8) is 0 Å². The Morgan fingerprint density at radius 1 is 1.06 bits per heavy atom. The van der Waals surface area contributed by atoms with Gasteiger partial charge in [-0.3, -0.25) is 0 Å². The van der Waals surface area contributed by atoms with Crippen LogP contribution in [0.2, 0.25) is 0 Å². The molecule has 0 spiro atoms. The lowest BCUT2D eigenvalue weighted by atomic mass is 9.86. The van der Waals surface area contributed by atoms with Gasteiger partial charge in [0.05, 0.1) is 5.38 Å². The molecule has 17 heavy (non-hydrogen) atoms. The van der Waals surface area contributed by atoms with Crippen LogP contribution in [0.25, 0.3) is 0 Å². The maximum absolute atomic E-state index is 6.58. The van der Waals surface area contributed by atoms with Gasteiger partial charge in [-0.1, -0.05) is 57.9 Å². The Bertz CT molecular complexity index is 352. The maximum atomic E-state index is 6.58. The van der Waals surface area contributed by atoms with Gasteiger partial charge in [-0.05, 0) is 35.3 Å². The zero-order valence-corrected chi connectivity index (χ0v) is 11.9.